The third kappa shape index (κ3) is 3.11. The van der Waals surface area contributed by atoms with Crippen LogP contribution in [0.4, 0.5) is 5.69 Å². The minimum Gasteiger partial charge on any atom is -0.377 e. The molecular weight excluding hydrogens is 324 g/mol. The van der Waals surface area contributed by atoms with E-state index in [9.17, 15) is 4.79 Å². The molecule has 0 aliphatic carbocycles. The molecule has 2 aromatic rings. The zero-order chi connectivity index (χ0) is 18.5. The van der Waals surface area contributed by atoms with Gasteiger partial charge in [0, 0.05) is 35.4 Å². The minimum atomic E-state index is -0.297. The third-order valence-corrected chi connectivity index (χ3v) is 4.51. The molecule has 2 atom stereocenters. The predicted octanol–water partition coefficient (Wildman–Crippen LogP) is 3.99. The van der Waals surface area contributed by atoms with E-state index in [0.29, 0.717) is 16.8 Å². The highest BCUT2D eigenvalue weighted by atomic mass is 16.1. The van der Waals surface area contributed by atoms with Crippen molar-refractivity contribution < 1.29 is 4.79 Å². The van der Waals surface area contributed by atoms with E-state index in [1.54, 1.807) is 24.5 Å². The summed E-state index contributed by atoms with van der Waals surface area (Å²) in [6, 6.07) is 8.97. The highest BCUT2D eigenvalue weighted by molar-refractivity contribution is 6.14. The molecule has 3 N–H and O–H groups in total. The van der Waals surface area contributed by atoms with Crippen LogP contribution in [0.15, 0.2) is 66.5 Å². The molecule has 0 saturated heterocycles. The van der Waals surface area contributed by atoms with Crippen molar-refractivity contribution in [1.29, 1.82) is 10.8 Å². The van der Waals surface area contributed by atoms with E-state index < -0.39 is 0 Å². The Balaban J connectivity index is 2.21. The summed E-state index contributed by atoms with van der Waals surface area (Å²) < 4.78 is 0. The second-order valence-corrected chi connectivity index (χ2v) is 6.01. The van der Waals surface area contributed by atoms with E-state index >= 15 is 0 Å². The van der Waals surface area contributed by atoms with Crippen molar-refractivity contribution >= 4 is 23.9 Å². The van der Waals surface area contributed by atoms with Crippen LogP contribution in [0.3, 0.4) is 0 Å². The molecule has 0 spiro atoms. The average Bonchev–Trinajstić information content (AvgIpc) is 2.67. The lowest BCUT2D eigenvalue weighted by Crippen LogP contribution is -2.39. The second-order valence-electron chi connectivity index (χ2n) is 6.01. The normalized spacial score (nSPS) is 19.7. The van der Waals surface area contributed by atoms with E-state index in [2.05, 4.69) is 10.3 Å². The number of rotatable bonds is 5. The Kier molecular flexibility index (Phi) is 5.17. The largest absolute Gasteiger partial charge is 0.377 e. The zero-order valence-corrected chi connectivity index (χ0v) is 14.4. The highest BCUT2D eigenvalue weighted by Gasteiger charge is 2.36. The van der Waals surface area contributed by atoms with Crippen molar-refractivity contribution in [2.24, 2.45) is 0 Å². The van der Waals surface area contributed by atoms with Crippen LogP contribution in [-0.2, 0) is 0 Å². The predicted molar refractivity (Wildman–Crippen MR) is 105 cm³/mol. The topological polar surface area (TPSA) is 89.7 Å². The summed E-state index contributed by atoms with van der Waals surface area (Å²) in [7, 11) is 0. The molecule has 3 rings (SSSR count). The van der Waals surface area contributed by atoms with Gasteiger partial charge in [0.2, 0.25) is 0 Å². The van der Waals surface area contributed by atoms with Crippen molar-refractivity contribution in [3.8, 4) is 0 Å². The number of nitrogens with zero attached hydrogens (tertiary/aromatic N) is 1. The van der Waals surface area contributed by atoms with Crippen LogP contribution in [0.25, 0.3) is 0 Å². The molecule has 5 nitrogen and oxygen atoms in total. The number of hydrogen-bond acceptors (Lipinski definition) is 5. The Hall–Kier alpha value is -3.34. The molecule has 1 aromatic carbocycles. The lowest BCUT2D eigenvalue weighted by atomic mass is 9.76. The molecule has 2 unspecified atom stereocenters. The first-order valence-electron chi connectivity index (χ1n) is 8.38. The number of benzene rings is 1. The third-order valence-electron chi connectivity index (χ3n) is 4.51. The molecule has 26 heavy (non-hydrogen) atoms. The van der Waals surface area contributed by atoms with E-state index in [1.807, 2.05) is 43.3 Å². The molecule has 0 amide bonds. The summed E-state index contributed by atoms with van der Waals surface area (Å²) in [5.74, 6) is -0.297. The van der Waals surface area contributed by atoms with E-state index in [0.717, 1.165) is 23.1 Å². The van der Waals surface area contributed by atoms with Crippen LogP contribution in [0.5, 0.6) is 0 Å². The van der Waals surface area contributed by atoms with Crippen LogP contribution in [0.1, 0.15) is 34.3 Å². The van der Waals surface area contributed by atoms with E-state index in [-0.39, 0.29) is 12.0 Å². The monoisotopic (exact) mass is 344 g/mol. The van der Waals surface area contributed by atoms with Gasteiger partial charge < -0.3 is 16.1 Å². The fourth-order valence-corrected chi connectivity index (χ4v) is 3.42. The molecule has 130 valence electrons. The summed E-state index contributed by atoms with van der Waals surface area (Å²) in [6.07, 6.45) is 11.0. The van der Waals surface area contributed by atoms with Gasteiger partial charge >= 0.3 is 0 Å². The Bertz CT molecular complexity index is 899. The fraction of sp³-hybridized carbons (Fsp3) is 0.143. The van der Waals surface area contributed by atoms with Gasteiger partial charge in [0.05, 0.1) is 17.7 Å². The molecule has 0 saturated carbocycles. The Morgan fingerprint density at radius 1 is 1.23 bits per heavy atom. The number of carbonyl (C=O) groups excluding carboxylic acids is 1. The SMILES string of the molecule is C/C=C\C(=C/C=N)C1Nc2cccc(C=O)c2C(=N)C1c1ccncc1. The number of hydrogen-bond donors (Lipinski definition) is 3. The summed E-state index contributed by atoms with van der Waals surface area (Å²) in [5, 5.41) is 19.8. The molecule has 2 heterocycles. The van der Waals surface area contributed by atoms with Crippen LogP contribution >= 0.6 is 0 Å². The van der Waals surface area contributed by atoms with Crippen LogP contribution in [0.2, 0.25) is 0 Å². The summed E-state index contributed by atoms with van der Waals surface area (Å²) in [6.45, 7) is 1.92. The lowest BCUT2D eigenvalue weighted by Gasteiger charge is -2.37. The van der Waals surface area contributed by atoms with Crippen LogP contribution in [0, 0.1) is 10.8 Å². The Morgan fingerprint density at radius 3 is 2.65 bits per heavy atom. The van der Waals surface area contributed by atoms with Crippen molar-refractivity contribution in [3.05, 3.63) is 83.2 Å². The zero-order valence-electron chi connectivity index (χ0n) is 14.4. The molecule has 0 bridgehead atoms. The molecule has 1 aliphatic rings. The maximum absolute atomic E-state index is 11.5. The van der Waals surface area contributed by atoms with Gasteiger partial charge in [-0.05, 0) is 42.3 Å². The van der Waals surface area contributed by atoms with Crippen LogP contribution in [-0.4, -0.2) is 29.2 Å². The van der Waals surface area contributed by atoms with Crippen molar-refractivity contribution in [3.63, 3.8) is 0 Å². The Labute approximate surface area is 152 Å². The number of aldehydes is 1. The Morgan fingerprint density at radius 2 is 2.00 bits per heavy atom. The lowest BCUT2D eigenvalue weighted by molar-refractivity contribution is 0.112. The van der Waals surface area contributed by atoms with Gasteiger partial charge in [-0.3, -0.25) is 9.78 Å². The molecule has 1 aliphatic heterocycles. The van der Waals surface area contributed by atoms with Gasteiger partial charge in [-0.25, -0.2) is 0 Å². The second kappa shape index (κ2) is 7.70. The molecular formula is C21H20N4O. The smallest absolute Gasteiger partial charge is 0.150 e. The first kappa shape index (κ1) is 17.5. The number of anilines is 1. The van der Waals surface area contributed by atoms with Gasteiger partial charge in [-0.15, -0.1) is 0 Å². The van der Waals surface area contributed by atoms with Crippen molar-refractivity contribution in [2.45, 2.75) is 18.9 Å². The highest BCUT2D eigenvalue weighted by Crippen LogP contribution is 2.38. The number of allylic oxidation sites excluding steroid dienone is 2. The number of carbonyl (C=O) groups is 1. The maximum atomic E-state index is 11.5. The standard InChI is InChI=1S/C21H20N4O/c1-2-4-15(7-10-22)21-19(14-8-11-24-12-9-14)20(23)18-16(13-26)5-3-6-17(18)25-21/h2-13,19,21-23,25H,1H3/b4-2-,15-7+,22-10?,23-20?. The van der Waals surface area contributed by atoms with E-state index in [1.165, 1.54) is 6.21 Å². The number of pyridine rings is 1. The van der Waals surface area contributed by atoms with Crippen molar-refractivity contribution in [1.82, 2.24) is 4.98 Å². The summed E-state index contributed by atoms with van der Waals surface area (Å²) in [4.78, 5) is 15.6. The number of fused-ring (bicyclic) bond motifs is 1. The molecule has 5 heteroatoms. The summed E-state index contributed by atoms with van der Waals surface area (Å²) in [5.41, 5.74) is 4.12. The number of nitrogens with one attached hydrogen (secondary N) is 3. The van der Waals surface area contributed by atoms with E-state index in [4.69, 9.17) is 10.8 Å². The van der Waals surface area contributed by atoms with Gasteiger partial charge in [0.15, 0.2) is 6.29 Å². The van der Waals surface area contributed by atoms with Gasteiger partial charge in [0.25, 0.3) is 0 Å². The average molecular weight is 344 g/mol. The van der Waals surface area contributed by atoms with Crippen LogP contribution < -0.4 is 5.32 Å². The molecule has 0 radical (unpaired) electrons. The van der Waals surface area contributed by atoms with Gasteiger partial charge in [-0.2, -0.15) is 0 Å². The maximum Gasteiger partial charge on any atom is 0.150 e. The molecule has 1 aromatic heterocycles. The first-order valence-corrected chi connectivity index (χ1v) is 8.38. The quantitative estimate of drug-likeness (QED) is 0.435. The first-order chi connectivity index (χ1) is 12.7. The minimum absolute atomic E-state index is 0.225. The fourth-order valence-electron chi connectivity index (χ4n) is 3.42. The molecule has 0 fully saturated rings. The van der Waals surface area contributed by atoms with Gasteiger partial charge in [-0.1, -0.05) is 24.3 Å². The van der Waals surface area contributed by atoms with Gasteiger partial charge in [0.1, 0.15) is 0 Å². The number of aromatic nitrogens is 1. The summed E-state index contributed by atoms with van der Waals surface area (Å²) >= 11 is 0. The van der Waals surface area contributed by atoms with Crippen molar-refractivity contribution in [2.75, 3.05) is 5.32 Å².